The fraction of sp³-hybridized carbons (Fsp3) is 0.312. The van der Waals surface area contributed by atoms with Crippen molar-refractivity contribution in [3.05, 3.63) is 41.2 Å². The van der Waals surface area contributed by atoms with Gasteiger partial charge >= 0.3 is 5.97 Å². The molecule has 0 spiro atoms. The van der Waals surface area contributed by atoms with Crippen molar-refractivity contribution in [3.63, 3.8) is 0 Å². The van der Waals surface area contributed by atoms with Gasteiger partial charge in [-0.2, -0.15) is 0 Å². The van der Waals surface area contributed by atoms with Gasteiger partial charge in [0, 0.05) is 24.6 Å². The largest absolute Gasteiger partial charge is 0.481 e. The number of carboxylic acids is 1. The van der Waals surface area contributed by atoms with E-state index >= 15 is 0 Å². The number of carboxylic acid groups (broad SMARTS) is 1. The highest BCUT2D eigenvalue weighted by molar-refractivity contribution is 5.95. The highest BCUT2D eigenvalue weighted by Crippen LogP contribution is 2.27. The molecule has 1 aromatic heterocycles. The highest BCUT2D eigenvalue weighted by atomic mass is 19.1. The molecule has 2 N–H and O–H groups in total. The fourth-order valence-electron chi connectivity index (χ4n) is 2.17. The van der Waals surface area contributed by atoms with Crippen LogP contribution < -0.4 is 5.32 Å². The molecule has 1 aromatic carbocycles. The molecule has 2 aromatic rings. The van der Waals surface area contributed by atoms with Gasteiger partial charge in [-0.3, -0.25) is 9.59 Å². The van der Waals surface area contributed by atoms with E-state index in [-0.39, 0.29) is 18.5 Å². The molecule has 122 valence electrons. The number of hydrogen-bond acceptors (Lipinski definition) is 4. The minimum atomic E-state index is -1.02. The van der Waals surface area contributed by atoms with Crippen LogP contribution in [0.25, 0.3) is 11.3 Å². The maximum atomic E-state index is 13.8. The number of benzene rings is 1. The number of aromatic nitrogens is 1. The predicted molar refractivity (Wildman–Crippen MR) is 80.6 cm³/mol. The molecule has 7 heteroatoms. The highest BCUT2D eigenvalue weighted by Gasteiger charge is 2.16. The van der Waals surface area contributed by atoms with Gasteiger partial charge in [-0.1, -0.05) is 6.92 Å². The van der Waals surface area contributed by atoms with Gasteiger partial charge in [0.05, 0.1) is 12.1 Å². The van der Waals surface area contributed by atoms with Crippen molar-refractivity contribution in [1.29, 1.82) is 0 Å². The van der Waals surface area contributed by atoms with Gasteiger partial charge in [0.2, 0.25) is 0 Å². The molecule has 2 rings (SSSR count). The second kappa shape index (κ2) is 7.04. The molecule has 0 radical (unpaired) electrons. The van der Waals surface area contributed by atoms with Crippen LogP contribution in [0.1, 0.15) is 35.3 Å². The van der Waals surface area contributed by atoms with E-state index in [2.05, 4.69) is 10.3 Å². The predicted octanol–water partition coefficient (Wildman–Crippen LogP) is 2.56. The molecule has 0 atom stereocenters. The standard InChI is InChI=1S/C16H17FN2O4/c1-3-13-15(23-9(2)19-13)10-6-11(8-12(17)7-10)16(22)18-5-4-14(20)21/h6-8H,3-5H2,1-2H3,(H,18,22)(H,20,21). The third kappa shape index (κ3) is 4.15. The summed E-state index contributed by atoms with van der Waals surface area (Å²) >= 11 is 0. The van der Waals surface area contributed by atoms with E-state index in [9.17, 15) is 14.0 Å². The number of aliphatic carboxylic acids is 1. The average Bonchev–Trinajstić information content (AvgIpc) is 2.87. The lowest BCUT2D eigenvalue weighted by Gasteiger charge is -2.06. The van der Waals surface area contributed by atoms with Gasteiger partial charge in [-0.25, -0.2) is 9.37 Å². The normalized spacial score (nSPS) is 10.6. The van der Waals surface area contributed by atoms with Crippen molar-refractivity contribution in [1.82, 2.24) is 10.3 Å². The minimum Gasteiger partial charge on any atom is -0.481 e. The Hall–Kier alpha value is -2.70. The molecular weight excluding hydrogens is 303 g/mol. The number of carbonyl (C=O) groups excluding carboxylic acids is 1. The smallest absolute Gasteiger partial charge is 0.305 e. The first kappa shape index (κ1) is 16.7. The van der Waals surface area contributed by atoms with Crippen molar-refractivity contribution >= 4 is 11.9 Å². The van der Waals surface area contributed by atoms with Crippen molar-refractivity contribution < 1.29 is 23.5 Å². The van der Waals surface area contributed by atoms with Crippen LogP contribution >= 0.6 is 0 Å². The van der Waals surface area contributed by atoms with Crippen LogP contribution in [0.4, 0.5) is 4.39 Å². The SMILES string of the molecule is CCc1nc(C)oc1-c1cc(F)cc(C(=O)NCCC(=O)O)c1. The van der Waals surface area contributed by atoms with Gasteiger partial charge in [-0.05, 0) is 24.6 Å². The number of halogens is 1. The monoisotopic (exact) mass is 320 g/mol. The number of rotatable bonds is 6. The van der Waals surface area contributed by atoms with Crippen molar-refractivity contribution in [2.45, 2.75) is 26.7 Å². The van der Waals surface area contributed by atoms with Crippen LogP contribution in [0.2, 0.25) is 0 Å². The Kier molecular flexibility index (Phi) is 5.10. The summed E-state index contributed by atoms with van der Waals surface area (Å²) in [6, 6.07) is 3.86. The second-order valence-electron chi connectivity index (χ2n) is 4.99. The van der Waals surface area contributed by atoms with Crippen LogP contribution in [-0.4, -0.2) is 28.5 Å². The summed E-state index contributed by atoms with van der Waals surface area (Å²) in [7, 11) is 0. The summed E-state index contributed by atoms with van der Waals surface area (Å²) in [6.07, 6.45) is 0.415. The van der Waals surface area contributed by atoms with Gasteiger partial charge in [0.1, 0.15) is 5.82 Å². The Bertz CT molecular complexity index is 740. The van der Waals surface area contributed by atoms with Crippen molar-refractivity contribution in [2.24, 2.45) is 0 Å². The number of hydrogen-bond donors (Lipinski definition) is 2. The summed E-state index contributed by atoms with van der Waals surface area (Å²) in [5.74, 6) is -1.24. The number of nitrogens with zero attached hydrogens (tertiary/aromatic N) is 1. The molecule has 0 saturated heterocycles. The average molecular weight is 320 g/mol. The summed E-state index contributed by atoms with van der Waals surface area (Å²) in [5, 5.41) is 11.0. The Morgan fingerprint density at radius 2 is 2.09 bits per heavy atom. The maximum Gasteiger partial charge on any atom is 0.305 e. The second-order valence-corrected chi connectivity index (χ2v) is 4.99. The van der Waals surface area contributed by atoms with Gasteiger partial charge in [0.15, 0.2) is 11.7 Å². The van der Waals surface area contributed by atoms with Gasteiger partial charge in [0.25, 0.3) is 5.91 Å². The number of nitrogens with one attached hydrogen (secondary N) is 1. The lowest BCUT2D eigenvalue weighted by atomic mass is 10.1. The zero-order chi connectivity index (χ0) is 17.0. The van der Waals surface area contributed by atoms with Crippen LogP contribution in [0, 0.1) is 12.7 Å². The van der Waals surface area contributed by atoms with Crippen LogP contribution in [0.15, 0.2) is 22.6 Å². The Morgan fingerprint density at radius 1 is 1.35 bits per heavy atom. The molecule has 0 aliphatic heterocycles. The van der Waals surface area contributed by atoms with Crippen LogP contribution in [0.5, 0.6) is 0 Å². The molecule has 0 aliphatic rings. The number of carbonyl (C=O) groups is 2. The third-order valence-electron chi connectivity index (χ3n) is 3.19. The Morgan fingerprint density at radius 3 is 2.74 bits per heavy atom. The quantitative estimate of drug-likeness (QED) is 0.853. The molecule has 0 fully saturated rings. The summed E-state index contributed by atoms with van der Waals surface area (Å²) in [4.78, 5) is 26.7. The molecule has 6 nitrogen and oxygen atoms in total. The molecule has 0 unspecified atom stereocenters. The van der Waals surface area contributed by atoms with E-state index in [4.69, 9.17) is 9.52 Å². The van der Waals surface area contributed by atoms with E-state index in [1.165, 1.54) is 12.1 Å². The molecule has 0 aliphatic carbocycles. The summed E-state index contributed by atoms with van der Waals surface area (Å²) in [5.41, 5.74) is 1.21. The Balaban J connectivity index is 2.28. The minimum absolute atomic E-state index is 0.0262. The van der Waals surface area contributed by atoms with Crippen LogP contribution in [-0.2, 0) is 11.2 Å². The first-order valence-electron chi connectivity index (χ1n) is 7.18. The molecule has 1 heterocycles. The summed E-state index contributed by atoms with van der Waals surface area (Å²) < 4.78 is 19.3. The molecule has 0 bridgehead atoms. The third-order valence-corrected chi connectivity index (χ3v) is 3.19. The number of aryl methyl sites for hydroxylation is 2. The van der Waals surface area contributed by atoms with Crippen LogP contribution in [0.3, 0.4) is 0 Å². The molecule has 0 saturated carbocycles. The number of amides is 1. The zero-order valence-corrected chi connectivity index (χ0v) is 12.9. The first-order valence-corrected chi connectivity index (χ1v) is 7.18. The first-order chi connectivity index (χ1) is 10.9. The van der Waals surface area contributed by atoms with E-state index in [0.29, 0.717) is 29.3 Å². The van der Waals surface area contributed by atoms with Crippen molar-refractivity contribution in [3.8, 4) is 11.3 Å². The fourth-order valence-corrected chi connectivity index (χ4v) is 2.17. The Labute approximate surface area is 132 Å². The van der Waals surface area contributed by atoms with E-state index < -0.39 is 17.7 Å². The molecule has 23 heavy (non-hydrogen) atoms. The van der Waals surface area contributed by atoms with Gasteiger partial charge in [-0.15, -0.1) is 0 Å². The number of oxazole rings is 1. The summed E-state index contributed by atoms with van der Waals surface area (Å²) in [6.45, 7) is 3.57. The zero-order valence-electron chi connectivity index (χ0n) is 12.9. The van der Waals surface area contributed by atoms with E-state index in [1.54, 1.807) is 6.92 Å². The van der Waals surface area contributed by atoms with E-state index in [1.807, 2.05) is 6.92 Å². The molecular formula is C16H17FN2O4. The van der Waals surface area contributed by atoms with E-state index in [0.717, 1.165) is 6.07 Å². The van der Waals surface area contributed by atoms with Crippen molar-refractivity contribution in [2.75, 3.05) is 6.54 Å². The molecule has 1 amide bonds. The maximum absolute atomic E-state index is 13.8. The lowest BCUT2D eigenvalue weighted by molar-refractivity contribution is -0.136. The van der Waals surface area contributed by atoms with Gasteiger partial charge < -0.3 is 14.8 Å². The topological polar surface area (TPSA) is 92.4 Å². The lowest BCUT2D eigenvalue weighted by Crippen LogP contribution is -2.26.